The Hall–Kier alpha value is -1.97. The Morgan fingerprint density at radius 3 is 2.57 bits per heavy atom. The molecule has 0 unspecified atom stereocenters. The van der Waals surface area contributed by atoms with Crippen molar-refractivity contribution in [2.45, 2.75) is 51.4 Å². The first kappa shape index (κ1) is 15.9. The van der Waals surface area contributed by atoms with Gasteiger partial charge in [0.1, 0.15) is 6.42 Å². The summed E-state index contributed by atoms with van der Waals surface area (Å²) in [5, 5.41) is 15.0. The van der Waals surface area contributed by atoms with Gasteiger partial charge in [0, 0.05) is 6.92 Å². The number of hydrogen-bond acceptors (Lipinski definition) is 7. The van der Waals surface area contributed by atoms with Gasteiger partial charge in [-0.15, -0.1) is 20.4 Å². The standard InChI is InChI=1S/C13H16F3N5O2/c1-8-17-19-11(22-8)7-21-5-3-2-4-9(21)12-20-18-10(23-12)6-13(14,15)16/h9H,2-7H2,1H3/t9-/m1/s1. The van der Waals surface area contributed by atoms with Crippen LogP contribution in [-0.4, -0.2) is 38.0 Å². The highest BCUT2D eigenvalue weighted by molar-refractivity contribution is 4.95. The Labute approximate surface area is 129 Å². The number of aryl methyl sites for hydroxylation is 1. The lowest BCUT2D eigenvalue weighted by molar-refractivity contribution is -0.131. The fourth-order valence-corrected chi connectivity index (χ4v) is 2.68. The highest BCUT2D eigenvalue weighted by atomic mass is 19.4. The lowest BCUT2D eigenvalue weighted by Gasteiger charge is -2.32. The van der Waals surface area contributed by atoms with Gasteiger partial charge in [0.2, 0.25) is 23.6 Å². The molecule has 2 aromatic rings. The molecule has 0 amide bonds. The Balaban J connectivity index is 1.73. The van der Waals surface area contributed by atoms with Crippen molar-refractivity contribution in [3.8, 4) is 0 Å². The highest BCUT2D eigenvalue weighted by Crippen LogP contribution is 2.32. The lowest BCUT2D eigenvalue weighted by atomic mass is 10.0. The molecule has 3 heterocycles. The van der Waals surface area contributed by atoms with Gasteiger partial charge in [-0.1, -0.05) is 6.42 Å². The van der Waals surface area contributed by atoms with Gasteiger partial charge in [-0.25, -0.2) is 0 Å². The van der Waals surface area contributed by atoms with Crippen LogP contribution in [0.4, 0.5) is 13.2 Å². The van der Waals surface area contributed by atoms with E-state index in [-0.39, 0.29) is 11.9 Å². The van der Waals surface area contributed by atoms with Gasteiger partial charge in [0.15, 0.2) is 0 Å². The zero-order valence-corrected chi connectivity index (χ0v) is 12.5. The molecule has 0 radical (unpaired) electrons. The summed E-state index contributed by atoms with van der Waals surface area (Å²) < 4.78 is 47.8. The smallest absolute Gasteiger partial charge is 0.397 e. The Morgan fingerprint density at radius 2 is 1.87 bits per heavy atom. The molecule has 0 aromatic carbocycles. The number of piperidine rings is 1. The van der Waals surface area contributed by atoms with Crippen LogP contribution in [0.25, 0.3) is 0 Å². The van der Waals surface area contributed by atoms with E-state index in [1.807, 2.05) is 4.90 Å². The van der Waals surface area contributed by atoms with E-state index in [1.165, 1.54) is 0 Å². The number of halogens is 3. The van der Waals surface area contributed by atoms with Crippen LogP contribution in [0.1, 0.15) is 48.9 Å². The number of alkyl halides is 3. The lowest BCUT2D eigenvalue weighted by Crippen LogP contribution is -2.33. The van der Waals surface area contributed by atoms with Crippen molar-refractivity contribution in [1.82, 2.24) is 25.3 Å². The van der Waals surface area contributed by atoms with E-state index >= 15 is 0 Å². The number of nitrogens with zero attached hydrogens (tertiary/aromatic N) is 5. The topological polar surface area (TPSA) is 81.1 Å². The SMILES string of the molecule is Cc1nnc(CN2CCCC[C@@H]2c2nnc(CC(F)(F)F)o2)o1. The van der Waals surface area contributed by atoms with Crippen LogP contribution < -0.4 is 0 Å². The van der Waals surface area contributed by atoms with E-state index in [0.29, 0.717) is 18.3 Å². The molecule has 3 rings (SSSR count). The van der Waals surface area contributed by atoms with E-state index in [1.54, 1.807) is 6.92 Å². The molecule has 0 bridgehead atoms. The van der Waals surface area contributed by atoms with Crippen molar-refractivity contribution in [3.63, 3.8) is 0 Å². The van der Waals surface area contributed by atoms with Gasteiger partial charge >= 0.3 is 6.18 Å². The number of hydrogen-bond donors (Lipinski definition) is 0. The van der Waals surface area contributed by atoms with E-state index in [4.69, 9.17) is 8.83 Å². The maximum absolute atomic E-state index is 12.4. The molecular formula is C13H16F3N5O2. The second kappa shape index (κ2) is 6.26. The van der Waals surface area contributed by atoms with Gasteiger partial charge in [-0.2, -0.15) is 13.2 Å². The largest absolute Gasteiger partial charge is 0.424 e. The molecule has 1 atom stereocenters. The molecule has 2 aromatic heterocycles. The molecule has 1 aliphatic heterocycles. The molecular weight excluding hydrogens is 315 g/mol. The first-order chi connectivity index (χ1) is 10.9. The summed E-state index contributed by atoms with van der Waals surface area (Å²) >= 11 is 0. The minimum Gasteiger partial charge on any atom is -0.424 e. The van der Waals surface area contributed by atoms with Crippen LogP contribution in [0, 0.1) is 6.92 Å². The highest BCUT2D eigenvalue weighted by Gasteiger charge is 2.33. The third-order valence-electron chi connectivity index (χ3n) is 3.64. The fraction of sp³-hybridized carbons (Fsp3) is 0.692. The fourth-order valence-electron chi connectivity index (χ4n) is 2.68. The van der Waals surface area contributed by atoms with Crippen LogP contribution in [-0.2, 0) is 13.0 Å². The molecule has 1 fully saturated rings. The average molecular weight is 331 g/mol. The number of likely N-dealkylation sites (tertiary alicyclic amines) is 1. The number of rotatable bonds is 4. The monoisotopic (exact) mass is 331 g/mol. The molecule has 0 N–H and O–H groups in total. The first-order valence-electron chi connectivity index (χ1n) is 7.33. The molecule has 23 heavy (non-hydrogen) atoms. The van der Waals surface area contributed by atoms with Crippen LogP contribution in [0.2, 0.25) is 0 Å². The van der Waals surface area contributed by atoms with Gasteiger partial charge in [-0.05, 0) is 19.4 Å². The summed E-state index contributed by atoms with van der Waals surface area (Å²) in [6, 6.07) is -0.231. The predicted octanol–water partition coefficient (Wildman–Crippen LogP) is 2.59. The molecule has 10 heteroatoms. The van der Waals surface area contributed by atoms with Crippen molar-refractivity contribution < 1.29 is 22.0 Å². The Kier molecular flexibility index (Phi) is 4.33. The summed E-state index contributed by atoms with van der Waals surface area (Å²) in [4.78, 5) is 2.02. The first-order valence-corrected chi connectivity index (χ1v) is 7.33. The second-order valence-electron chi connectivity index (χ2n) is 5.52. The van der Waals surface area contributed by atoms with Crippen LogP contribution in [0.15, 0.2) is 8.83 Å². The van der Waals surface area contributed by atoms with E-state index in [9.17, 15) is 13.2 Å². The molecule has 1 saturated heterocycles. The summed E-state index contributed by atoms with van der Waals surface area (Å²) in [6.07, 6.45) is -2.91. The zero-order valence-electron chi connectivity index (χ0n) is 12.5. The minimum absolute atomic E-state index is 0.209. The minimum atomic E-state index is -4.36. The van der Waals surface area contributed by atoms with E-state index < -0.39 is 18.5 Å². The predicted molar refractivity (Wildman–Crippen MR) is 70.1 cm³/mol. The van der Waals surface area contributed by atoms with Gasteiger partial charge in [0.05, 0.1) is 12.6 Å². The quantitative estimate of drug-likeness (QED) is 0.851. The summed E-state index contributed by atoms with van der Waals surface area (Å²) in [6.45, 7) is 2.86. The molecule has 0 spiro atoms. The van der Waals surface area contributed by atoms with Crippen LogP contribution in [0.3, 0.4) is 0 Å². The van der Waals surface area contributed by atoms with Crippen LogP contribution in [0.5, 0.6) is 0 Å². The third kappa shape index (κ3) is 4.06. The van der Waals surface area contributed by atoms with Crippen molar-refractivity contribution in [2.24, 2.45) is 0 Å². The second-order valence-corrected chi connectivity index (χ2v) is 5.52. The summed E-state index contributed by atoms with van der Waals surface area (Å²) in [7, 11) is 0. The third-order valence-corrected chi connectivity index (χ3v) is 3.64. The van der Waals surface area contributed by atoms with E-state index in [0.717, 1.165) is 25.8 Å². The van der Waals surface area contributed by atoms with E-state index in [2.05, 4.69) is 20.4 Å². The summed E-state index contributed by atoms with van der Waals surface area (Å²) in [5.74, 6) is 0.732. The molecule has 126 valence electrons. The maximum Gasteiger partial charge on any atom is 0.397 e. The Morgan fingerprint density at radius 1 is 1.09 bits per heavy atom. The van der Waals surface area contributed by atoms with Crippen molar-refractivity contribution in [2.75, 3.05) is 6.54 Å². The van der Waals surface area contributed by atoms with Crippen molar-refractivity contribution in [1.29, 1.82) is 0 Å². The normalized spacial score (nSPS) is 20.1. The Bertz CT molecular complexity index is 654. The van der Waals surface area contributed by atoms with Crippen molar-refractivity contribution in [3.05, 3.63) is 23.6 Å². The van der Waals surface area contributed by atoms with Gasteiger partial charge < -0.3 is 8.83 Å². The summed E-state index contributed by atoms with van der Waals surface area (Å²) in [5.41, 5.74) is 0. The molecule has 1 aliphatic rings. The molecule has 7 nitrogen and oxygen atoms in total. The average Bonchev–Trinajstić information content (AvgIpc) is 3.07. The zero-order chi connectivity index (χ0) is 16.4. The van der Waals surface area contributed by atoms with Gasteiger partial charge in [-0.3, -0.25) is 4.90 Å². The van der Waals surface area contributed by atoms with Crippen molar-refractivity contribution >= 4 is 0 Å². The number of aromatic nitrogens is 4. The van der Waals surface area contributed by atoms with Crippen LogP contribution >= 0.6 is 0 Å². The molecule has 0 aliphatic carbocycles. The molecule has 0 saturated carbocycles. The van der Waals surface area contributed by atoms with Gasteiger partial charge in [0.25, 0.3) is 0 Å². The maximum atomic E-state index is 12.4.